The number of nitrogens with two attached hydrogens (primary N) is 1. The van der Waals surface area contributed by atoms with Crippen LogP contribution < -0.4 is 5.73 Å². The fraction of sp³-hybridized carbons (Fsp3) is 0.619. The quantitative estimate of drug-likeness (QED) is 0.821. The molecule has 1 aliphatic heterocycles. The van der Waals surface area contributed by atoms with Gasteiger partial charge in [0.1, 0.15) is 0 Å². The van der Waals surface area contributed by atoms with Crippen LogP contribution in [-0.2, 0) is 17.6 Å². The highest BCUT2D eigenvalue weighted by Crippen LogP contribution is 2.37. The average Bonchev–Trinajstić information content (AvgIpc) is 3.21. The monoisotopic (exact) mass is 376 g/mol. The normalized spacial score (nSPS) is 26.8. The molecule has 2 fully saturated rings. The molecule has 3 unspecified atom stereocenters. The number of halogens is 1. The summed E-state index contributed by atoms with van der Waals surface area (Å²) in [6.07, 6.45) is 7.53. The maximum absolute atomic E-state index is 12.5. The number of amides is 1. The van der Waals surface area contributed by atoms with Gasteiger partial charge in [-0.2, -0.15) is 0 Å². The van der Waals surface area contributed by atoms with Crippen molar-refractivity contribution in [2.24, 2.45) is 17.6 Å². The number of fused-ring (bicyclic) bond motifs is 2. The number of carbonyl (C=O) groups is 2. The Bertz CT molecular complexity index is 691. The van der Waals surface area contributed by atoms with Crippen molar-refractivity contribution in [3.8, 4) is 0 Å². The van der Waals surface area contributed by atoms with Gasteiger partial charge in [0.05, 0.1) is 0 Å². The Balaban J connectivity index is 0.00000196. The summed E-state index contributed by atoms with van der Waals surface area (Å²) < 4.78 is 0. The van der Waals surface area contributed by atoms with Crippen molar-refractivity contribution < 1.29 is 9.59 Å². The van der Waals surface area contributed by atoms with E-state index in [0.29, 0.717) is 24.7 Å². The number of benzene rings is 1. The average molecular weight is 377 g/mol. The Morgan fingerprint density at radius 3 is 2.58 bits per heavy atom. The summed E-state index contributed by atoms with van der Waals surface area (Å²) in [5.74, 6) is 1.27. The third kappa shape index (κ3) is 3.81. The van der Waals surface area contributed by atoms with E-state index in [1.807, 2.05) is 11.0 Å². The van der Waals surface area contributed by atoms with Crippen molar-refractivity contribution in [3.05, 3.63) is 34.9 Å². The van der Waals surface area contributed by atoms with Gasteiger partial charge in [0.15, 0.2) is 5.78 Å². The van der Waals surface area contributed by atoms with E-state index in [4.69, 9.17) is 5.73 Å². The van der Waals surface area contributed by atoms with Crippen molar-refractivity contribution in [1.82, 2.24) is 4.90 Å². The van der Waals surface area contributed by atoms with Crippen molar-refractivity contribution in [1.29, 1.82) is 0 Å². The molecule has 1 aromatic carbocycles. The van der Waals surface area contributed by atoms with Crippen LogP contribution >= 0.6 is 12.4 Å². The van der Waals surface area contributed by atoms with E-state index in [2.05, 4.69) is 12.1 Å². The van der Waals surface area contributed by atoms with Crippen LogP contribution in [0.3, 0.4) is 0 Å². The minimum atomic E-state index is 0. The van der Waals surface area contributed by atoms with Crippen LogP contribution in [0.2, 0.25) is 0 Å². The number of nitrogens with zero attached hydrogens (tertiary/aromatic N) is 1. The standard InChI is InChI=1S/C21H28N2O2.ClH/c22-19-8-7-17-12-23(13-18(17)19)21(25)10-9-20(24)16-6-5-14-3-1-2-4-15(14)11-16;/h5-6,11,17-19H,1-4,7-10,12-13,22H2;1H. The van der Waals surface area contributed by atoms with Crippen LogP contribution in [-0.4, -0.2) is 35.7 Å². The Morgan fingerprint density at radius 2 is 1.81 bits per heavy atom. The van der Waals surface area contributed by atoms with Gasteiger partial charge in [-0.25, -0.2) is 0 Å². The van der Waals surface area contributed by atoms with E-state index in [0.717, 1.165) is 44.3 Å². The zero-order valence-corrected chi connectivity index (χ0v) is 16.1. The molecule has 0 radical (unpaired) electrons. The molecule has 1 heterocycles. The Kier molecular flexibility index (Phi) is 6.03. The van der Waals surface area contributed by atoms with E-state index in [-0.39, 0.29) is 30.1 Å². The Labute approximate surface area is 161 Å². The van der Waals surface area contributed by atoms with Gasteiger partial charge in [-0.05, 0) is 67.6 Å². The van der Waals surface area contributed by atoms with E-state index in [1.54, 1.807) is 0 Å². The van der Waals surface area contributed by atoms with E-state index in [1.165, 1.54) is 24.0 Å². The first-order valence-electron chi connectivity index (χ1n) is 9.80. The lowest BCUT2D eigenvalue weighted by Gasteiger charge is -2.19. The molecule has 0 spiro atoms. The second-order valence-corrected chi connectivity index (χ2v) is 8.08. The van der Waals surface area contributed by atoms with Gasteiger partial charge in [0.2, 0.25) is 5.91 Å². The first-order valence-corrected chi connectivity index (χ1v) is 9.80. The molecule has 1 amide bonds. The van der Waals surface area contributed by atoms with Crippen LogP contribution in [0, 0.1) is 11.8 Å². The lowest BCUT2D eigenvalue weighted by molar-refractivity contribution is -0.130. The zero-order valence-electron chi connectivity index (χ0n) is 15.3. The zero-order chi connectivity index (χ0) is 17.4. The summed E-state index contributed by atoms with van der Waals surface area (Å²) in [7, 11) is 0. The van der Waals surface area contributed by atoms with E-state index in [9.17, 15) is 9.59 Å². The van der Waals surface area contributed by atoms with Gasteiger partial charge in [-0.15, -0.1) is 12.4 Å². The molecule has 1 saturated carbocycles. The Morgan fingerprint density at radius 1 is 1.04 bits per heavy atom. The van der Waals surface area contributed by atoms with Gasteiger partial charge in [0, 0.05) is 37.5 Å². The van der Waals surface area contributed by atoms with Gasteiger partial charge < -0.3 is 10.6 Å². The van der Waals surface area contributed by atoms with Crippen molar-refractivity contribution in [3.63, 3.8) is 0 Å². The first-order chi connectivity index (χ1) is 12.1. The van der Waals surface area contributed by atoms with Gasteiger partial charge in [-0.1, -0.05) is 12.1 Å². The molecule has 2 N–H and O–H groups in total. The molecule has 0 aromatic heterocycles. The highest BCUT2D eigenvalue weighted by Gasteiger charge is 2.42. The van der Waals surface area contributed by atoms with Gasteiger partial charge in [0.25, 0.3) is 0 Å². The lowest BCUT2D eigenvalue weighted by atomic mass is 9.89. The second-order valence-electron chi connectivity index (χ2n) is 8.08. The molecule has 26 heavy (non-hydrogen) atoms. The summed E-state index contributed by atoms with van der Waals surface area (Å²) in [5.41, 5.74) is 9.63. The highest BCUT2D eigenvalue weighted by atomic mass is 35.5. The molecular weight excluding hydrogens is 348 g/mol. The number of Topliss-reactive ketones (excluding diaryl/α,β-unsaturated/α-hetero) is 1. The van der Waals surface area contributed by atoms with Crippen molar-refractivity contribution in [2.75, 3.05) is 13.1 Å². The topological polar surface area (TPSA) is 63.4 Å². The molecule has 1 saturated heterocycles. The molecule has 4 nitrogen and oxygen atoms in total. The molecule has 4 rings (SSSR count). The third-order valence-electron chi connectivity index (χ3n) is 6.50. The number of likely N-dealkylation sites (tertiary alicyclic amines) is 1. The second kappa shape index (κ2) is 8.10. The first kappa shape index (κ1) is 19.4. The van der Waals surface area contributed by atoms with Gasteiger partial charge >= 0.3 is 0 Å². The summed E-state index contributed by atoms with van der Waals surface area (Å²) in [4.78, 5) is 26.9. The van der Waals surface area contributed by atoms with Crippen LogP contribution in [0.1, 0.15) is 60.0 Å². The Hall–Kier alpha value is -1.39. The molecule has 0 bridgehead atoms. The van der Waals surface area contributed by atoms with Crippen molar-refractivity contribution >= 4 is 24.1 Å². The van der Waals surface area contributed by atoms with Crippen LogP contribution in [0.5, 0.6) is 0 Å². The van der Waals surface area contributed by atoms with Crippen LogP contribution in [0.25, 0.3) is 0 Å². The SMILES string of the molecule is Cl.NC1CCC2CN(C(=O)CCC(=O)c3ccc4c(c3)CCCC4)CC12. The van der Waals surface area contributed by atoms with Crippen LogP contribution in [0.4, 0.5) is 0 Å². The van der Waals surface area contributed by atoms with E-state index < -0.39 is 0 Å². The predicted molar refractivity (Wildman–Crippen MR) is 105 cm³/mol. The summed E-state index contributed by atoms with van der Waals surface area (Å²) in [5, 5.41) is 0. The van der Waals surface area contributed by atoms with Crippen molar-refractivity contribution in [2.45, 2.75) is 57.4 Å². The minimum Gasteiger partial charge on any atom is -0.342 e. The fourth-order valence-electron chi connectivity index (χ4n) is 4.94. The maximum atomic E-state index is 12.5. The number of rotatable bonds is 4. The predicted octanol–water partition coefficient (Wildman–Crippen LogP) is 3.15. The molecule has 3 aliphatic rings. The number of hydrogen-bond donors (Lipinski definition) is 1. The number of ketones is 1. The van der Waals surface area contributed by atoms with Gasteiger partial charge in [-0.3, -0.25) is 9.59 Å². The molecule has 142 valence electrons. The minimum absolute atomic E-state index is 0. The number of aryl methyl sites for hydroxylation is 2. The number of hydrogen-bond acceptors (Lipinski definition) is 3. The maximum Gasteiger partial charge on any atom is 0.223 e. The summed E-state index contributed by atoms with van der Waals surface area (Å²) in [6, 6.07) is 6.35. The summed E-state index contributed by atoms with van der Waals surface area (Å²) in [6.45, 7) is 1.63. The molecule has 3 atom stereocenters. The molecular formula is C21H29ClN2O2. The fourth-order valence-corrected chi connectivity index (χ4v) is 4.94. The lowest BCUT2D eigenvalue weighted by Crippen LogP contribution is -2.33. The molecule has 5 heteroatoms. The molecule has 1 aromatic rings. The smallest absolute Gasteiger partial charge is 0.223 e. The third-order valence-corrected chi connectivity index (χ3v) is 6.50. The highest BCUT2D eigenvalue weighted by molar-refractivity contribution is 5.98. The summed E-state index contributed by atoms with van der Waals surface area (Å²) >= 11 is 0. The number of carbonyl (C=O) groups excluding carboxylic acids is 2. The van der Waals surface area contributed by atoms with Crippen LogP contribution in [0.15, 0.2) is 18.2 Å². The largest absolute Gasteiger partial charge is 0.342 e. The molecule has 2 aliphatic carbocycles. The van der Waals surface area contributed by atoms with E-state index >= 15 is 0 Å².